The lowest BCUT2D eigenvalue weighted by Gasteiger charge is -2.32. The van der Waals surface area contributed by atoms with Gasteiger partial charge in [-0.2, -0.15) is 10.2 Å². The number of hydrazone groups is 2. The average Bonchev–Trinajstić information content (AvgIpc) is 3.03. The number of hydrogen-bond donors (Lipinski definition) is 1. The van der Waals surface area contributed by atoms with Crippen molar-refractivity contribution < 1.29 is 19.1 Å². The molecule has 0 spiro atoms. The van der Waals surface area contributed by atoms with Gasteiger partial charge in [-0.1, -0.05) is 36.4 Å². The first-order valence-corrected chi connectivity index (χ1v) is 8.80. The molecule has 2 heterocycles. The number of esters is 2. The summed E-state index contributed by atoms with van der Waals surface area (Å²) in [5, 5.41) is 10.4. The zero-order valence-electron chi connectivity index (χ0n) is 15.1. The number of rotatable bonds is 4. The van der Waals surface area contributed by atoms with Gasteiger partial charge >= 0.3 is 11.9 Å². The van der Waals surface area contributed by atoms with Crippen molar-refractivity contribution in [3.05, 3.63) is 60.7 Å². The van der Waals surface area contributed by atoms with Crippen molar-refractivity contribution in [3.63, 3.8) is 0 Å². The normalized spacial score (nSPS) is 22.3. The van der Waals surface area contributed by atoms with Gasteiger partial charge in [0.15, 0.2) is 17.9 Å². The Hall–Kier alpha value is -3.68. The average molecular weight is 378 g/mol. The van der Waals surface area contributed by atoms with Crippen LogP contribution in [0, 0.1) is 0 Å². The Morgan fingerprint density at radius 2 is 1.86 bits per heavy atom. The predicted molar refractivity (Wildman–Crippen MR) is 104 cm³/mol. The molecule has 8 nitrogen and oxygen atoms in total. The summed E-state index contributed by atoms with van der Waals surface area (Å²) < 4.78 is 10.8. The molecule has 2 aliphatic rings. The molecule has 8 heteroatoms. The van der Waals surface area contributed by atoms with E-state index in [0.717, 1.165) is 11.4 Å². The number of nitrogens with zero attached hydrogens (tertiary/aromatic N) is 3. The third-order valence-electron chi connectivity index (χ3n) is 4.30. The molecular weight excluding hydrogens is 360 g/mol. The predicted octanol–water partition coefficient (Wildman–Crippen LogP) is 2.19. The van der Waals surface area contributed by atoms with E-state index in [1.807, 2.05) is 60.7 Å². The van der Waals surface area contributed by atoms with E-state index >= 15 is 0 Å². The van der Waals surface area contributed by atoms with Gasteiger partial charge in [0.1, 0.15) is 5.71 Å². The maximum Gasteiger partial charge on any atom is 0.361 e. The Morgan fingerprint density at radius 3 is 2.54 bits per heavy atom. The standard InChI is InChI=1S/C20H18N4O4/c1-13(25)27-16-12-24(15-10-6-3-7-11-15)23-17-18(20(26)28-19(16)17)22-21-14-8-4-2-5-9-14/h2-11,16,19,21H,12H2,1H3/b22-18+/t16-,19-/m1/s1. The maximum absolute atomic E-state index is 12.4. The van der Waals surface area contributed by atoms with E-state index in [9.17, 15) is 9.59 Å². The Morgan fingerprint density at radius 1 is 1.18 bits per heavy atom. The second-order valence-electron chi connectivity index (χ2n) is 6.31. The second-order valence-corrected chi connectivity index (χ2v) is 6.31. The largest absolute Gasteiger partial charge is 0.456 e. The van der Waals surface area contributed by atoms with Crippen molar-refractivity contribution >= 4 is 34.7 Å². The molecule has 0 saturated carbocycles. The van der Waals surface area contributed by atoms with Gasteiger partial charge < -0.3 is 9.47 Å². The van der Waals surface area contributed by atoms with Crippen LogP contribution in [0.15, 0.2) is 70.9 Å². The van der Waals surface area contributed by atoms with E-state index in [1.165, 1.54) is 6.92 Å². The van der Waals surface area contributed by atoms with Gasteiger partial charge in [-0.3, -0.25) is 15.2 Å². The van der Waals surface area contributed by atoms with Crippen LogP contribution in [-0.4, -0.2) is 42.1 Å². The number of nitrogens with one attached hydrogen (secondary N) is 1. The number of fused-ring (bicyclic) bond motifs is 1. The van der Waals surface area contributed by atoms with Gasteiger partial charge in [0.05, 0.1) is 17.9 Å². The second kappa shape index (κ2) is 7.51. The molecule has 1 N–H and O–H groups in total. The third-order valence-corrected chi connectivity index (χ3v) is 4.30. The molecule has 0 amide bonds. The zero-order chi connectivity index (χ0) is 19.5. The number of benzene rings is 2. The van der Waals surface area contributed by atoms with Crippen molar-refractivity contribution in [2.75, 3.05) is 17.0 Å². The number of ether oxygens (including phenoxy) is 2. The Balaban J connectivity index is 1.69. The van der Waals surface area contributed by atoms with Gasteiger partial charge in [-0.25, -0.2) is 4.79 Å². The van der Waals surface area contributed by atoms with Gasteiger partial charge in [-0.15, -0.1) is 0 Å². The molecule has 142 valence electrons. The first-order valence-electron chi connectivity index (χ1n) is 8.80. The van der Waals surface area contributed by atoms with Crippen LogP contribution in [0.3, 0.4) is 0 Å². The molecule has 4 rings (SSSR count). The van der Waals surface area contributed by atoms with Gasteiger partial charge in [0, 0.05) is 6.92 Å². The number of hydrogen-bond acceptors (Lipinski definition) is 8. The molecule has 2 atom stereocenters. The summed E-state index contributed by atoms with van der Waals surface area (Å²) in [4.78, 5) is 24.0. The summed E-state index contributed by atoms with van der Waals surface area (Å²) in [6.45, 7) is 1.59. The molecule has 1 fully saturated rings. The van der Waals surface area contributed by atoms with Crippen LogP contribution < -0.4 is 10.4 Å². The SMILES string of the molecule is CC(=O)O[C@@H]1CN(c2ccccc2)N=C2/C(=N\Nc3ccccc3)C(=O)O[C@@H]21. The molecule has 2 aromatic carbocycles. The summed E-state index contributed by atoms with van der Waals surface area (Å²) in [5.74, 6) is -1.07. The van der Waals surface area contributed by atoms with Gasteiger partial charge in [0.25, 0.3) is 0 Å². The van der Waals surface area contributed by atoms with Crippen molar-refractivity contribution in [1.82, 2.24) is 0 Å². The minimum absolute atomic E-state index is 0.0617. The van der Waals surface area contributed by atoms with Crippen LogP contribution in [0.1, 0.15) is 6.92 Å². The first-order chi connectivity index (χ1) is 13.6. The highest BCUT2D eigenvalue weighted by Crippen LogP contribution is 2.26. The summed E-state index contributed by atoms with van der Waals surface area (Å²) in [7, 11) is 0. The summed E-state index contributed by atoms with van der Waals surface area (Å²) >= 11 is 0. The smallest absolute Gasteiger partial charge is 0.361 e. The summed E-state index contributed by atoms with van der Waals surface area (Å²) in [5.41, 5.74) is 4.76. The lowest BCUT2D eigenvalue weighted by atomic mass is 10.0. The van der Waals surface area contributed by atoms with Crippen LogP contribution in [-0.2, 0) is 19.1 Å². The lowest BCUT2D eigenvalue weighted by Crippen LogP contribution is -2.49. The Labute approximate surface area is 161 Å². The fraction of sp³-hybridized carbons (Fsp3) is 0.200. The van der Waals surface area contributed by atoms with E-state index in [-0.39, 0.29) is 12.3 Å². The molecule has 2 aliphatic heterocycles. The molecule has 2 aromatic rings. The van der Waals surface area contributed by atoms with Crippen LogP contribution in [0.2, 0.25) is 0 Å². The molecule has 0 aromatic heterocycles. The van der Waals surface area contributed by atoms with Gasteiger partial charge in [-0.05, 0) is 24.3 Å². The van der Waals surface area contributed by atoms with Crippen LogP contribution in [0.25, 0.3) is 0 Å². The van der Waals surface area contributed by atoms with Crippen molar-refractivity contribution in [1.29, 1.82) is 0 Å². The van der Waals surface area contributed by atoms with Gasteiger partial charge in [0.2, 0.25) is 0 Å². The van der Waals surface area contributed by atoms with E-state index in [2.05, 4.69) is 15.6 Å². The fourth-order valence-electron chi connectivity index (χ4n) is 3.07. The number of carbonyl (C=O) groups is 2. The summed E-state index contributed by atoms with van der Waals surface area (Å²) in [6.07, 6.45) is -1.47. The molecular formula is C20H18N4O4. The van der Waals surface area contributed by atoms with Crippen molar-refractivity contribution in [2.24, 2.45) is 10.2 Å². The van der Waals surface area contributed by atoms with Crippen LogP contribution >= 0.6 is 0 Å². The molecule has 0 bridgehead atoms. The minimum Gasteiger partial charge on any atom is -0.456 e. The van der Waals surface area contributed by atoms with Crippen molar-refractivity contribution in [3.8, 4) is 0 Å². The lowest BCUT2D eigenvalue weighted by molar-refractivity contribution is -0.155. The Bertz CT molecular complexity index is 943. The first kappa shape index (κ1) is 17.7. The van der Waals surface area contributed by atoms with E-state index in [1.54, 1.807) is 5.01 Å². The minimum atomic E-state index is -0.785. The molecule has 1 saturated heterocycles. The van der Waals surface area contributed by atoms with Crippen LogP contribution in [0.5, 0.6) is 0 Å². The topological polar surface area (TPSA) is 92.6 Å². The number of carbonyl (C=O) groups excluding carboxylic acids is 2. The molecule has 0 aliphatic carbocycles. The fourth-order valence-corrected chi connectivity index (χ4v) is 3.07. The maximum atomic E-state index is 12.4. The number of anilines is 2. The highest BCUT2D eigenvalue weighted by atomic mass is 16.6. The highest BCUT2D eigenvalue weighted by molar-refractivity contribution is 6.69. The Kier molecular flexibility index (Phi) is 4.76. The zero-order valence-corrected chi connectivity index (χ0v) is 15.1. The quantitative estimate of drug-likeness (QED) is 0.648. The molecule has 0 radical (unpaired) electrons. The third kappa shape index (κ3) is 3.57. The number of para-hydroxylation sites is 2. The summed E-state index contributed by atoms with van der Waals surface area (Å²) in [6, 6.07) is 18.6. The van der Waals surface area contributed by atoms with Crippen molar-refractivity contribution in [2.45, 2.75) is 19.1 Å². The van der Waals surface area contributed by atoms with Crippen LogP contribution in [0.4, 0.5) is 11.4 Å². The van der Waals surface area contributed by atoms with E-state index < -0.39 is 24.1 Å². The van der Waals surface area contributed by atoms with E-state index in [4.69, 9.17) is 9.47 Å². The highest BCUT2D eigenvalue weighted by Gasteiger charge is 2.48. The molecule has 28 heavy (non-hydrogen) atoms. The monoisotopic (exact) mass is 378 g/mol. The molecule has 0 unspecified atom stereocenters. The van der Waals surface area contributed by atoms with E-state index in [0.29, 0.717) is 5.71 Å².